The molecule has 1 aliphatic rings. The highest BCUT2D eigenvalue weighted by Crippen LogP contribution is 2.17. The number of rotatable bonds is 4. The van der Waals surface area contributed by atoms with E-state index in [2.05, 4.69) is 49.4 Å². The molecule has 6 heteroatoms. The Morgan fingerprint density at radius 2 is 2.08 bits per heavy atom. The fourth-order valence-electron chi connectivity index (χ4n) is 3.21. The van der Waals surface area contributed by atoms with Crippen LogP contribution in [-0.4, -0.2) is 39.7 Å². The highest BCUT2D eigenvalue weighted by Gasteiger charge is 2.22. The summed E-state index contributed by atoms with van der Waals surface area (Å²) in [4.78, 5) is 14.8. The van der Waals surface area contributed by atoms with Gasteiger partial charge in [-0.3, -0.25) is 14.4 Å². The van der Waals surface area contributed by atoms with Gasteiger partial charge in [-0.05, 0) is 43.5 Å². The van der Waals surface area contributed by atoms with Gasteiger partial charge in [-0.25, -0.2) is 0 Å². The summed E-state index contributed by atoms with van der Waals surface area (Å²) in [7, 11) is 1.81. The number of aryl methyl sites for hydroxylation is 2. The van der Waals surface area contributed by atoms with Crippen molar-refractivity contribution in [3.05, 3.63) is 51.8 Å². The average Bonchev–Trinajstić information content (AvgIpc) is 2.88. The van der Waals surface area contributed by atoms with Gasteiger partial charge in [-0.1, -0.05) is 28.1 Å². The predicted molar refractivity (Wildman–Crippen MR) is 97.9 cm³/mol. The highest BCUT2D eigenvalue weighted by atomic mass is 79.9. The summed E-state index contributed by atoms with van der Waals surface area (Å²) in [6.45, 7) is 4.86. The van der Waals surface area contributed by atoms with Crippen molar-refractivity contribution in [2.75, 3.05) is 13.1 Å². The maximum Gasteiger partial charge on any atom is 0.269 e. The van der Waals surface area contributed by atoms with E-state index in [0.29, 0.717) is 5.69 Å². The number of carbonyl (C=O) groups is 1. The maximum atomic E-state index is 12.4. The molecule has 1 aliphatic heterocycles. The van der Waals surface area contributed by atoms with Gasteiger partial charge in [0.05, 0.1) is 5.69 Å². The number of likely N-dealkylation sites (tertiary alicyclic amines) is 1. The van der Waals surface area contributed by atoms with E-state index in [-0.39, 0.29) is 11.9 Å². The molecular weight excluding hydrogens is 368 g/mol. The topological polar surface area (TPSA) is 50.2 Å². The minimum atomic E-state index is -0.0245. The van der Waals surface area contributed by atoms with Crippen LogP contribution >= 0.6 is 15.9 Å². The molecular formula is C18H23BrN4O. The highest BCUT2D eigenvalue weighted by molar-refractivity contribution is 9.10. The Morgan fingerprint density at radius 1 is 1.33 bits per heavy atom. The zero-order chi connectivity index (χ0) is 17.1. The fraction of sp³-hybridized carbons (Fsp3) is 0.444. The SMILES string of the molecule is Cc1cc(C(=O)NC2CCN(Cc3cccc(Br)c3)CC2)n(C)n1. The van der Waals surface area contributed by atoms with Gasteiger partial charge in [0.2, 0.25) is 0 Å². The Balaban J connectivity index is 1.50. The molecule has 1 fully saturated rings. The van der Waals surface area contributed by atoms with Crippen LogP contribution < -0.4 is 5.32 Å². The zero-order valence-electron chi connectivity index (χ0n) is 14.1. The number of aromatic nitrogens is 2. The van der Waals surface area contributed by atoms with E-state index in [0.717, 1.165) is 42.6 Å². The lowest BCUT2D eigenvalue weighted by atomic mass is 10.0. The van der Waals surface area contributed by atoms with Crippen molar-refractivity contribution in [3.8, 4) is 0 Å². The van der Waals surface area contributed by atoms with Crippen LogP contribution in [0.1, 0.15) is 34.6 Å². The van der Waals surface area contributed by atoms with Crippen LogP contribution in [0.15, 0.2) is 34.8 Å². The van der Waals surface area contributed by atoms with E-state index >= 15 is 0 Å². The van der Waals surface area contributed by atoms with E-state index in [1.807, 2.05) is 26.1 Å². The molecule has 2 aromatic rings. The van der Waals surface area contributed by atoms with Crippen molar-refractivity contribution in [1.82, 2.24) is 20.0 Å². The van der Waals surface area contributed by atoms with Crippen molar-refractivity contribution in [2.45, 2.75) is 32.4 Å². The normalized spacial score (nSPS) is 16.3. The number of piperidine rings is 1. The molecule has 0 bridgehead atoms. The molecule has 1 saturated heterocycles. The van der Waals surface area contributed by atoms with Crippen LogP contribution in [-0.2, 0) is 13.6 Å². The van der Waals surface area contributed by atoms with Crippen molar-refractivity contribution in [3.63, 3.8) is 0 Å². The molecule has 0 aliphatic carbocycles. The lowest BCUT2D eigenvalue weighted by molar-refractivity contribution is 0.0899. The predicted octanol–water partition coefficient (Wildman–Crippen LogP) is 2.89. The van der Waals surface area contributed by atoms with Gasteiger partial charge in [-0.15, -0.1) is 0 Å². The molecule has 0 spiro atoms. The first kappa shape index (κ1) is 17.2. The summed E-state index contributed by atoms with van der Waals surface area (Å²) >= 11 is 3.52. The Bertz CT molecular complexity index is 720. The van der Waals surface area contributed by atoms with Gasteiger partial charge in [0, 0.05) is 37.2 Å². The van der Waals surface area contributed by atoms with Crippen LogP contribution in [0, 0.1) is 6.92 Å². The third kappa shape index (κ3) is 4.24. The van der Waals surface area contributed by atoms with Gasteiger partial charge in [0.25, 0.3) is 5.91 Å². The summed E-state index contributed by atoms with van der Waals surface area (Å²) in [5.41, 5.74) is 2.81. The second-order valence-corrected chi connectivity index (χ2v) is 7.36. The third-order valence-electron chi connectivity index (χ3n) is 4.45. The van der Waals surface area contributed by atoms with E-state index in [1.165, 1.54) is 5.56 Å². The van der Waals surface area contributed by atoms with Crippen LogP contribution in [0.5, 0.6) is 0 Å². The first-order chi connectivity index (χ1) is 11.5. The van der Waals surface area contributed by atoms with E-state index < -0.39 is 0 Å². The molecule has 0 atom stereocenters. The van der Waals surface area contributed by atoms with E-state index in [9.17, 15) is 4.79 Å². The summed E-state index contributed by atoms with van der Waals surface area (Å²) in [5.74, 6) is -0.0245. The molecule has 0 saturated carbocycles. The van der Waals surface area contributed by atoms with Gasteiger partial charge in [0.1, 0.15) is 5.69 Å². The zero-order valence-corrected chi connectivity index (χ0v) is 15.7. The Morgan fingerprint density at radius 3 is 2.71 bits per heavy atom. The number of carbonyl (C=O) groups excluding carboxylic acids is 1. The summed E-state index contributed by atoms with van der Waals surface area (Å²) in [6.07, 6.45) is 1.97. The quantitative estimate of drug-likeness (QED) is 0.872. The van der Waals surface area contributed by atoms with E-state index in [4.69, 9.17) is 0 Å². The van der Waals surface area contributed by atoms with Crippen molar-refractivity contribution >= 4 is 21.8 Å². The Labute approximate surface area is 151 Å². The fourth-order valence-corrected chi connectivity index (χ4v) is 3.66. The van der Waals surface area contributed by atoms with Gasteiger partial charge >= 0.3 is 0 Å². The average molecular weight is 391 g/mol. The molecule has 24 heavy (non-hydrogen) atoms. The molecule has 3 rings (SSSR count). The van der Waals surface area contributed by atoms with Crippen LogP contribution in [0.25, 0.3) is 0 Å². The molecule has 128 valence electrons. The van der Waals surface area contributed by atoms with Crippen LogP contribution in [0.2, 0.25) is 0 Å². The molecule has 5 nitrogen and oxygen atoms in total. The number of nitrogens with zero attached hydrogens (tertiary/aromatic N) is 3. The maximum absolute atomic E-state index is 12.4. The van der Waals surface area contributed by atoms with Gasteiger partial charge < -0.3 is 5.32 Å². The standard InChI is InChI=1S/C18H23BrN4O/c1-13-10-17(22(2)21-13)18(24)20-16-6-8-23(9-7-16)12-14-4-3-5-15(19)11-14/h3-5,10-11,16H,6-9,12H2,1-2H3,(H,20,24). The van der Waals surface area contributed by atoms with Crippen LogP contribution in [0.4, 0.5) is 0 Å². The van der Waals surface area contributed by atoms with Crippen LogP contribution in [0.3, 0.4) is 0 Å². The first-order valence-corrected chi connectivity index (χ1v) is 9.09. The summed E-state index contributed by atoms with van der Waals surface area (Å²) in [6, 6.07) is 10.5. The first-order valence-electron chi connectivity index (χ1n) is 8.29. The monoisotopic (exact) mass is 390 g/mol. The van der Waals surface area contributed by atoms with Crippen molar-refractivity contribution < 1.29 is 4.79 Å². The van der Waals surface area contributed by atoms with Gasteiger partial charge in [0.15, 0.2) is 0 Å². The molecule has 0 radical (unpaired) electrons. The number of halogens is 1. The molecule has 1 aromatic carbocycles. The Hall–Kier alpha value is -1.66. The van der Waals surface area contributed by atoms with E-state index in [1.54, 1.807) is 4.68 Å². The molecule has 0 unspecified atom stereocenters. The molecule has 1 aromatic heterocycles. The van der Waals surface area contributed by atoms with Crippen molar-refractivity contribution in [2.24, 2.45) is 7.05 Å². The summed E-state index contributed by atoms with van der Waals surface area (Å²) < 4.78 is 2.76. The minimum Gasteiger partial charge on any atom is -0.348 e. The second-order valence-electron chi connectivity index (χ2n) is 6.45. The summed E-state index contributed by atoms with van der Waals surface area (Å²) in [5, 5.41) is 7.38. The lowest BCUT2D eigenvalue weighted by Crippen LogP contribution is -2.44. The molecule has 2 heterocycles. The molecule has 1 N–H and O–H groups in total. The third-order valence-corrected chi connectivity index (χ3v) is 4.95. The van der Waals surface area contributed by atoms with Gasteiger partial charge in [-0.2, -0.15) is 5.10 Å². The number of nitrogens with one attached hydrogen (secondary N) is 1. The number of hydrogen-bond donors (Lipinski definition) is 1. The smallest absolute Gasteiger partial charge is 0.269 e. The number of hydrogen-bond acceptors (Lipinski definition) is 3. The lowest BCUT2D eigenvalue weighted by Gasteiger charge is -2.32. The second kappa shape index (κ2) is 7.49. The number of amides is 1. The minimum absolute atomic E-state index is 0.0245. The number of benzene rings is 1. The largest absolute Gasteiger partial charge is 0.348 e. The van der Waals surface area contributed by atoms with Crippen molar-refractivity contribution in [1.29, 1.82) is 0 Å². The molecule has 1 amide bonds. The Kier molecular flexibility index (Phi) is 5.36.